The van der Waals surface area contributed by atoms with Crippen LogP contribution in [0.3, 0.4) is 0 Å². The molecule has 0 atom stereocenters. The highest BCUT2D eigenvalue weighted by Crippen LogP contribution is 2.09. The lowest BCUT2D eigenvalue weighted by molar-refractivity contribution is -0.118. The number of carbonyl (C=O) groups excluding carboxylic acids is 1. The van der Waals surface area contributed by atoms with E-state index in [1.54, 1.807) is 24.3 Å². The Kier molecular flexibility index (Phi) is 4.05. The lowest BCUT2D eigenvalue weighted by atomic mass is 10.2. The number of anilines is 1. The first-order valence-corrected chi connectivity index (χ1v) is 6.20. The summed E-state index contributed by atoms with van der Waals surface area (Å²) < 4.78 is 23.2. The topological polar surface area (TPSA) is 133 Å². The van der Waals surface area contributed by atoms with E-state index >= 15 is 0 Å². The maximum Gasteiger partial charge on any atom is 0.277 e. The van der Waals surface area contributed by atoms with E-state index in [0.717, 1.165) is 4.31 Å². The number of carbonyl (C=O) groups is 1. The Bertz CT molecular complexity index is 497. The Morgan fingerprint density at radius 3 is 2.18 bits per heavy atom. The van der Waals surface area contributed by atoms with Crippen LogP contribution in [0.15, 0.2) is 24.3 Å². The minimum Gasteiger partial charge on any atom is -0.399 e. The molecule has 0 bridgehead atoms. The molecule has 0 radical (unpaired) electrons. The number of amides is 1. The molecule has 0 aromatic heterocycles. The zero-order valence-electron chi connectivity index (χ0n) is 9.04. The molecule has 6 N–H and O–H groups in total. The monoisotopic (exact) mass is 258 g/mol. The molecular weight excluding hydrogens is 244 g/mol. The van der Waals surface area contributed by atoms with Crippen LogP contribution in [0, 0.1) is 0 Å². The summed E-state index contributed by atoms with van der Waals surface area (Å²) in [5, 5.41) is 4.97. The van der Waals surface area contributed by atoms with Gasteiger partial charge < -0.3 is 11.5 Å². The Hall–Kier alpha value is -1.64. The van der Waals surface area contributed by atoms with Crippen molar-refractivity contribution in [3.8, 4) is 0 Å². The van der Waals surface area contributed by atoms with E-state index in [4.69, 9.17) is 16.6 Å². The molecule has 0 aliphatic rings. The van der Waals surface area contributed by atoms with E-state index in [9.17, 15) is 13.2 Å². The summed E-state index contributed by atoms with van der Waals surface area (Å²) in [7, 11) is -3.97. The van der Waals surface area contributed by atoms with Crippen molar-refractivity contribution in [2.45, 2.75) is 6.54 Å². The Labute approximate surface area is 99.4 Å². The third kappa shape index (κ3) is 4.39. The van der Waals surface area contributed by atoms with E-state index in [1.165, 1.54) is 0 Å². The maximum absolute atomic E-state index is 11.2. The highest BCUT2D eigenvalue weighted by Gasteiger charge is 2.19. The predicted molar refractivity (Wildman–Crippen MR) is 63.6 cm³/mol. The number of rotatable bonds is 5. The number of nitrogens with two attached hydrogens (primary N) is 3. The summed E-state index contributed by atoms with van der Waals surface area (Å²) in [5.74, 6) is -0.769. The average Bonchev–Trinajstić information content (AvgIpc) is 2.18. The minimum absolute atomic E-state index is 0.0257. The highest BCUT2D eigenvalue weighted by atomic mass is 32.2. The van der Waals surface area contributed by atoms with Gasteiger partial charge in [-0.3, -0.25) is 4.79 Å². The van der Waals surface area contributed by atoms with Crippen molar-refractivity contribution in [2.75, 3.05) is 12.3 Å². The van der Waals surface area contributed by atoms with Crippen molar-refractivity contribution in [3.05, 3.63) is 29.8 Å². The molecule has 0 spiro atoms. The number of hydrogen-bond acceptors (Lipinski definition) is 4. The van der Waals surface area contributed by atoms with Gasteiger partial charge in [-0.2, -0.15) is 12.7 Å². The standard InChI is InChI=1S/C9H14N4O3S/c10-8-3-1-7(2-4-8)5-13(6-9(11)14)17(12,15)16/h1-4H,5-6,10H2,(H2,11,14)(H2,12,15,16). The second-order valence-electron chi connectivity index (χ2n) is 3.52. The van der Waals surface area contributed by atoms with Gasteiger partial charge >= 0.3 is 0 Å². The van der Waals surface area contributed by atoms with Gasteiger partial charge in [0.05, 0.1) is 6.54 Å². The van der Waals surface area contributed by atoms with Crippen LogP contribution in [0.4, 0.5) is 5.69 Å². The van der Waals surface area contributed by atoms with Gasteiger partial charge in [-0.1, -0.05) is 12.1 Å². The predicted octanol–water partition coefficient (Wildman–Crippen LogP) is -1.24. The average molecular weight is 258 g/mol. The smallest absolute Gasteiger partial charge is 0.277 e. The van der Waals surface area contributed by atoms with Gasteiger partial charge in [0, 0.05) is 12.2 Å². The molecule has 0 unspecified atom stereocenters. The normalized spacial score (nSPS) is 11.6. The molecule has 0 saturated carbocycles. The Morgan fingerprint density at radius 1 is 1.24 bits per heavy atom. The van der Waals surface area contributed by atoms with Gasteiger partial charge in [0.15, 0.2) is 0 Å². The fraction of sp³-hybridized carbons (Fsp3) is 0.222. The molecule has 0 fully saturated rings. The first-order valence-electron chi connectivity index (χ1n) is 4.69. The first-order chi connectivity index (χ1) is 7.79. The van der Waals surface area contributed by atoms with Crippen molar-refractivity contribution in [2.24, 2.45) is 10.9 Å². The van der Waals surface area contributed by atoms with Gasteiger partial charge in [-0.15, -0.1) is 0 Å². The quantitative estimate of drug-likeness (QED) is 0.569. The van der Waals surface area contributed by atoms with E-state index in [-0.39, 0.29) is 6.54 Å². The van der Waals surface area contributed by atoms with Crippen molar-refractivity contribution in [1.82, 2.24) is 4.31 Å². The van der Waals surface area contributed by atoms with E-state index in [2.05, 4.69) is 0 Å². The molecule has 0 heterocycles. The second kappa shape index (κ2) is 5.13. The molecule has 1 rings (SSSR count). The number of benzene rings is 1. The minimum atomic E-state index is -3.97. The third-order valence-corrected chi connectivity index (χ3v) is 3.01. The molecule has 7 nitrogen and oxygen atoms in total. The molecule has 8 heteroatoms. The molecule has 0 aliphatic carbocycles. The first kappa shape index (κ1) is 13.4. The van der Waals surface area contributed by atoms with E-state index in [1.807, 2.05) is 0 Å². The molecule has 1 aromatic carbocycles. The van der Waals surface area contributed by atoms with Gasteiger partial charge in [0.2, 0.25) is 5.91 Å². The molecule has 0 saturated heterocycles. The molecule has 0 aliphatic heterocycles. The van der Waals surface area contributed by atoms with Crippen LogP contribution >= 0.6 is 0 Å². The summed E-state index contributed by atoms with van der Waals surface area (Å²) in [6, 6.07) is 6.55. The fourth-order valence-electron chi connectivity index (χ4n) is 1.24. The highest BCUT2D eigenvalue weighted by molar-refractivity contribution is 7.86. The maximum atomic E-state index is 11.2. The summed E-state index contributed by atoms with van der Waals surface area (Å²) in [4.78, 5) is 10.7. The van der Waals surface area contributed by atoms with E-state index < -0.39 is 22.7 Å². The third-order valence-electron chi connectivity index (χ3n) is 2.03. The van der Waals surface area contributed by atoms with Crippen molar-refractivity contribution in [3.63, 3.8) is 0 Å². The summed E-state index contributed by atoms with van der Waals surface area (Å²) >= 11 is 0. The van der Waals surface area contributed by atoms with Crippen LogP contribution in [-0.2, 0) is 21.5 Å². The van der Waals surface area contributed by atoms with Crippen LogP contribution in [0.5, 0.6) is 0 Å². The van der Waals surface area contributed by atoms with Gasteiger partial charge in [0.25, 0.3) is 10.2 Å². The summed E-state index contributed by atoms with van der Waals surface area (Å²) in [6.07, 6.45) is 0. The molecule has 1 amide bonds. The molecular formula is C9H14N4O3S. The van der Waals surface area contributed by atoms with Gasteiger partial charge in [-0.05, 0) is 17.7 Å². The lowest BCUT2D eigenvalue weighted by Crippen LogP contribution is -2.41. The lowest BCUT2D eigenvalue weighted by Gasteiger charge is -2.17. The Morgan fingerprint density at radius 2 is 1.76 bits per heavy atom. The number of primary amides is 1. The largest absolute Gasteiger partial charge is 0.399 e. The van der Waals surface area contributed by atoms with Crippen molar-refractivity contribution in [1.29, 1.82) is 0 Å². The van der Waals surface area contributed by atoms with Gasteiger partial charge in [-0.25, -0.2) is 5.14 Å². The van der Waals surface area contributed by atoms with E-state index in [0.29, 0.717) is 11.3 Å². The molecule has 17 heavy (non-hydrogen) atoms. The van der Waals surface area contributed by atoms with Crippen molar-refractivity contribution < 1.29 is 13.2 Å². The zero-order chi connectivity index (χ0) is 13.1. The Balaban J connectivity index is 2.87. The second-order valence-corrected chi connectivity index (χ2v) is 5.07. The van der Waals surface area contributed by atoms with Crippen molar-refractivity contribution >= 4 is 21.8 Å². The SMILES string of the molecule is NC(=O)CN(Cc1ccc(N)cc1)S(N)(=O)=O. The number of hydrogen-bond donors (Lipinski definition) is 3. The summed E-state index contributed by atoms with van der Waals surface area (Å²) in [6.45, 7) is -0.481. The molecule has 1 aromatic rings. The van der Waals surface area contributed by atoms with Crippen LogP contribution < -0.4 is 16.6 Å². The number of nitrogens with zero attached hydrogens (tertiary/aromatic N) is 1. The van der Waals surface area contributed by atoms with Crippen LogP contribution in [0.25, 0.3) is 0 Å². The van der Waals surface area contributed by atoms with Crippen LogP contribution in [0.1, 0.15) is 5.56 Å². The zero-order valence-corrected chi connectivity index (χ0v) is 9.85. The fourth-order valence-corrected chi connectivity index (χ4v) is 1.87. The van der Waals surface area contributed by atoms with Crippen LogP contribution in [-0.4, -0.2) is 25.2 Å². The summed E-state index contributed by atoms with van der Waals surface area (Å²) in [5.41, 5.74) is 11.7. The van der Waals surface area contributed by atoms with Gasteiger partial charge in [0.1, 0.15) is 0 Å². The molecule has 94 valence electrons. The number of nitrogen functional groups attached to an aromatic ring is 1. The van der Waals surface area contributed by atoms with Crippen LogP contribution in [0.2, 0.25) is 0 Å².